The molecule has 0 saturated carbocycles. The van der Waals surface area contributed by atoms with E-state index in [0.29, 0.717) is 6.61 Å². The summed E-state index contributed by atoms with van der Waals surface area (Å²) in [6.45, 7) is 5.86. The van der Waals surface area contributed by atoms with Gasteiger partial charge in [-0.3, -0.25) is 0 Å². The van der Waals surface area contributed by atoms with Gasteiger partial charge in [0, 0.05) is 0 Å². The summed E-state index contributed by atoms with van der Waals surface area (Å²) in [5, 5.41) is 0. The van der Waals surface area contributed by atoms with E-state index in [1.165, 1.54) is 95.5 Å². The minimum Gasteiger partial charge on any atom is -0.490 e. The molecule has 1 unspecified atom stereocenters. The molecule has 0 aliphatic carbocycles. The van der Waals surface area contributed by atoms with Crippen LogP contribution in [0.15, 0.2) is 36.4 Å². The molecule has 0 radical (unpaired) electrons. The smallest absolute Gasteiger partial charge is 0.123 e. The van der Waals surface area contributed by atoms with Crippen LogP contribution in [0.1, 0.15) is 109 Å². The fourth-order valence-corrected chi connectivity index (χ4v) is 3.81. The Morgan fingerprint density at radius 2 is 1.47 bits per heavy atom. The molecule has 2 rings (SSSR count). The molecule has 1 heterocycles. The maximum atomic E-state index is 5.87. The quantitative estimate of drug-likeness (QED) is 0.129. The zero-order chi connectivity index (χ0) is 21.3. The second kappa shape index (κ2) is 15.5. The number of hydrogen-bond acceptors (Lipinski definition) is 2. The Morgan fingerprint density at radius 1 is 0.867 bits per heavy atom. The highest BCUT2D eigenvalue weighted by Gasteiger charge is 2.40. The van der Waals surface area contributed by atoms with Gasteiger partial charge in [-0.15, -0.1) is 0 Å². The molecule has 30 heavy (non-hydrogen) atoms. The summed E-state index contributed by atoms with van der Waals surface area (Å²) in [5.41, 5.74) is 1.33. The van der Waals surface area contributed by atoms with Crippen molar-refractivity contribution in [2.75, 3.05) is 13.2 Å². The van der Waals surface area contributed by atoms with E-state index in [2.05, 4.69) is 44.2 Å². The lowest BCUT2D eigenvalue weighted by atomic mass is 10.1. The Hall–Kier alpha value is -1.28. The second-order valence-corrected chi connectivity index (χ2v) is 9.36. The summed E-state index contributed by atoms with van der Waals surface area (Å²) in [6, 6.07) is 8.55. The fraction of sp³-hybridized carbons (Fsp3) is 0.714. The van der Waals surface area contributed by atoms with Crippen LogP contribution in [0.4, 0.5) is 0 Å². The summed E-state index contributed by atoms with van der Waals surface area (Å²) in [7, 11) is 0. The van der Waals surface area contributed by atoms with E-state index < -0.39 is 0 Å². The average Bonchev–Trinajstić information content (AvgIpc) is 3.50. The summed E-state index contributed by atoms with van der Waals surface area (Å²) >= 11 is 0. The van der Waals surface area contributed by atoms with E-state index in [4.69, 9.17) is 9.47 Å². The molecule has 170 valence electrons. The highest BCUT2D eigenvalue weighted by atomic mass is 16.6. The third-order valence-corrected chi connectivity index (χ3v) is 6.06. The van der Waals surface area contributed by atoms with Crippen molar-refractivity contribution in [2.24, 2.45) is 0 Å². The standard InChI is InChI=1S/C28H46O2/c1-3-4-5-6-7-8-9-10-11-12-13-14-15-16-17-18-20-26-21-19-22-27(23-26)29-24-28(2)25-30-28/h14-15,19,21-23H,3-13,16-18,20,24-25H2,1-2H3/b15-14+. The van der Waals surface area contributed by atoms with E-state index >= 15 is 0 Å². The molecule has 2 heteroatoms. The third kappa shape index (κ3) is 12.4. The Bertz CT molecular complexity index is 574. The second-order valence-electron chi connectivity index (χ2n) is 9.36. The zero-order valence-corrected chi connectivity index (χ0v) is 19.8. The number of unbranched alkanes of at least 4 members (excludes halogenated alkanes) is 12. The highest BCUT2D eigenvalue weighted by molar-refractivity contribution is 5.28. The number of allylic oxidation sites excluding steroid dienone is 2. The van der Waals surface area contributed by atoms with Gasteiger partial charge in [-0.2, -0.15) is 0 Å². The largest absolute Gasteiger partial charge is 0.490 e. The molecule has 1 aliphatic rings. The Morgan fingerprint density at radius 3 is 2.10 bits per heavy atom. The Kier molecular flexibility index (Phi) is 12.9. The molecule has 0 bridgehead atoms. The zero-order valence-electron chi connectivity index (χ0n) is 19.8. The highest BCUT2D eigenvalue weighted by Crippen LogP contribution is 2.27. The molecule has 0 N–H and O–H groups in total. The van der Waals surface area contributed by atoms with Crippen molar-refractivity contribution >= 4 is 0 Å². The summed E-state index contributed by atoms with van der Waals surface area (Å²) in [6.07, 6.45) is 25.1. The van der Waals surface area contributed by atoms with Crippen molar-refractivity contribution in [3.8, 4) is 5.75 Å². The molecule has 1 atom stereocenters. The molecular weight excluding hydrogens is 368 g/mol. The van der Waals surface area contributed by atoms with Crippen LogP contribution < -0.4 is 4.74 Å². The van der Waals surface area contributed by atoms with Crippen molar-refractivity contribution in [3.05, 3.63) is 42.0 Å². The lowest BCUT2D eigenvalue weighted by Crippen LogP contribution is -2.16. The van der Waals surface area contributed by atoms with Crippen LogP contribution in [0.5, 0.6) is 5.75 Å². The van der Waals surface area contributed by atoms with Crippen molar-refractivity contribution < 1.29 is 9.47 Å². The van der Waals surface area contributed by atoms with Gasteiger partial charge in [0.15, 0.2) is 0 Å². The van der Waals surface area contributed by atoms with Gasteiger partial charge in [-0.05, 0) is 63.1 Å². The van der Waals surface area contributed by atoms with Gasteiger partial charge in [-0.1, -0.05) is 89.0 Å². The van der Waals surface area contributed by atoms with Gasteiger partial charge >= 0.3 is 0 Å². The van der Waals surface area contributed by atoms with E-state index in [1.807, 2.05) is 6.07 Å². The lowest BCUT2D eigenvalue weighted by molar-refractivity contribution is 0.202. The maximum absolute atomic E-state index is 5.87. The molecule has 1 aliphatic heterocycles. The molecular formula is C28H46O2. The van der Waals surface area contributed by atoms with Crippen LogP contribution in [-0.2, 0) is 11.2 Å². The minimum atomic E-state index is -0.0454. The molecule has 2 nitrogen and oxygen atoms in total. The monoisotopic (exact) mass is 414 g/mol. The van der Waals surface area contributed by atoms with Crippen molar-refractivity contribution in [1.29, 1.82) is 0 Å². The third-order valence-electron chi connectivity index (χ3n) is 6.06. The SMILES string of the molecule is CCCCCCCCCCCC/C=C/CCCCc1cccc(OCC2(C)CO2)c1. The van der Waals surface area contributed by atoms with Crippen LogP contribution in [0.25, 0.3) is 0 Å². The summed E-state index contributed by atoms with van der Waals surface area (Å²) in [4.78, 5) is 0. The molecule has 0 spiro atoms. The maximum Gasteiger partial charge on any atom is 0.123 e. The summed E-state index contributed by atoms with van der Waals surface area (Å²) < 4.78 is 11.3. The first-order valence-corrected chi connectivity index (χ1v) is 12.7. The Labute approximate surface area is 186 Å². The van der Waals surface area contributed by atoms with Crippen molar-refractivity contribution in [2.45, 2.75) is 116 Å². The topological polar surface area (TPSA) is 21.8 Å². The van der Waals surface area contributed by atoms with Crippen molar-refractivity contribution in [3.63, 3.8) is 0 Å². The summed E-state index contributed by atoms with van der Waals surface area (Å²) in [5.74, 6) is 0.973. The van der Waals surface area contributed by atoms with E-state index in [-0.39, 0.29) is 5.60 Å². The predicted octanol–water partition coefficient (Wildman–Crippen LogP) is 8.43. The number of epoxide rings is 1. The van der Waals surface area contributed by atoms with Gasteiger partial charge in [0.2, 0.25) is 0 Å². The van der Waals surface area contributed by atoms with Crippen LogP contribution in [-0.4, -0.2) is 18.8 Å². The Balaban J connectivity index is 1.38. The normalized spacial score (nSPS) is 18.2. The van der Waals surface area contributed by atoms with Gasteiger partial charge in [0.25, 0.3) is 0 Å². The minimum absolute atomic E-state index is 0.0454. The number of hydrogen-bond donors (Lipinski definition) is 0. The molecule has 1 aromatic rings. The lowest BCUT2D eigenvalue weighted by Gasteiger charge is -2.10. The first kappa shape index (κ1) is 25.0. The molecule has 1 aromatic carbocycles. The number of rotatable bonds is 19. The van der Waals surface area contributed by atoms with Crippen LogP contribution in [0.3, 0.4) is 0 Å². The molecule has 1 fully saturated rings. The van der Waals surface area contributed by atoms with Crippen molar-refractivity contribution in [1.82, 2.24) is 0 Å². The van der Waals surface area contributed by atoms with Gasteiger partial charge in [0.05, 0.1) is 6.61 Å². The van der Waals surface area contributed by atoms with Gasteiger partial charge in [0.1, 0.15) is 18.0 Å². The van der Waals surface area contributed by atoms with Gasteiger partial charge < -0.3 is 9.47 Å². The number of aryl methyl sites for hydroxylation is 1. The predicted molar refractivity (Wildman–Crippen MR) is 129 cm³/mol. The number of ether oxygens (including phenoxy) is 2. The molecule has 1 saturated heterocycles. The average molecular weight is 415 g/mol. The van der Waals surface area contributed by atoms with Crippen LogP contribution in [0, 0.1) is 0 Å². The van der Waals surface area contributed by atoms with Gasteiger partial charge in [-0.25, -0.2) is 0 Å². The van der Waals surface area contributed by atoms with Crippen LogP contribution in [0.2, 0.25) is 0 Å². The number of benzene rings is 1. The van der Waals surface area contributed by atoms with E-state index in [1.54, 1.807) is 0 Å². The first-order valence-electron chi connectivity index (χ1n) is 12.7. The van der Waals surface area contributed by atoms with E-state index in [9.17, 15) is 0 Å². The fourth-order valence-electron chi connectivity index (χ4n) is 3.81. The molecule has 0 aromatic heterocycles. The van der Waals surface area contributed by atoms with Crippen LogP contribution >= 0.6 is 0 Å². The van der Waals surface area contributed by atoms with E-state index in [0.717, 1.165) is 18.8 Å². The first-order chi connectivity index (χ1) is 14.7. The molecule has 0 amide bonds.